The first-order chi connectivity index (χ1) is 12.6. The van der Waals surface area contributed by atoms with E-state index in [-0.39, 0.29) is 5.56 Å². The van der Waals surface area contributed by atoms with Crippen LogP contribution in [0, 0.1) is 6.92 Å². The highest BCUT2D eigenvalue weighted by atomic mass is 16.1. The molecule has 4 aromatic rings. The van der Waals surface area contributed by atoms with E-state index in [9.17, 15) is 4.79 Å². The summed E-state index contributed by atoms with van der Waals surface area (Å²) in [5.41, 5.74) is 4.93. The molecule has 0 radical (unpaired) electrons. The molecule has 4 rings (SSSR count). The Morgan fingerprint density at radius 1 is 0.923 bits per heavy atom. The number of fused-ring (bicyclic) bond motifs is 1. The molecule has 5 heteroatoms. The molecule has 1 aromatic carbocycles. The fourth-order valence-electron chi connectivity index (χ4n) is 3.22. The van der Waals surface area contributed by atoms with Gasteiger partial charge in [0, 0.05) is 31.4 Å². The van der Waals surface area contributed by atoms with Crippen LogP contribution in [0.1, 0.15) is 17.0 Å². The summed E-state index contributed by atoms with van der Waals surface area (Å²) in [7, 11) is 1.78. The van der Waals surface area contributed by atoms with Crippen molar-refractivity contribution in [3.8, 4) is 11.1 Å². The quantitative estimate of drug-likeness (QED) is 0.571. The lowest BCUT2D eigenvalue weighted by atomic mass is 10.1. The number of nitrogens with zero attached hydrogens (tertiary/aromatic N) is 4. The average Bonchev–Trinajstić information content (AvgIpc) is 3.07. The zero-order valence-corrected chi connectivity index (χ0v) is 14.9. The Morgan fingerprint density at radius 3 is 2.50 bits per heavy atom. The van der Waals surface area contributed by atoms with Gasteiger partial charge in [0.05, 0.1) is 0 Å². The van der Waals surface area contributed by atoms with Crippen molar-refractivity contribution in [2.45, 2.75) is 19.8 Å². The monoisotopic (exact) mass is 344 g/mol. The summed E-state index contributed by atoms with van der Waals surface area (Å²) in [6.45, 7) is 1.84. The van der Waals surface area contributed by atoms with Crippen LogP contribution in [-0.2, 0) is 19.9 Å². The molecule has 0 saturated heterocycles. The second-order valence-electron chi connectivity index (χ2n) is 6.58. The summed E-state index contributed by atoms with van der Waals surface area (Å²) in [6.07, 6.45) is 5.66. The number of hydrogen-bond acceptors (Lipinski definition) is 3. The van der Waals surface area contributed by atoms with E-state index in [1.54, 1.807) is 11.6 Å². The Morgan fingerprint density at radius 2 is 1.73 bits per heavy atom. The molecule has 0 unspecified atom stereocenters. The molecule has 26 heavy (non-hydrogen) atoms. The minimum Gasteiger partial charge on any atom is -0.318 e. The van der Waals surface area contributed by atoms with Crippen molar-refractivity contribution >= 4 is 5.65 Å². The summed E-state index contributed by atoms with van der Waals surface area (Å²) >= 11 is 0. The van der Waals surface area contributed by atoms with Gasteiger partial charge < -0.3 is 4.57 Å². The Bertz CT molecular complexity index is 1100. The van der Waals surface area contributed by atoms with Gasteiger partial charge in [-0.05, 0) is 48.2 Å². The Hall–Kier alpha value is -3.21. The number of rotatable bonds is 4. The molecular weight excluding hydrogens is 324 g/mol. The van der Waals surface area contributed by atoms with Crippen LogP contribution in [0.25, 0.3) is 16.8 Å². The molecule has 0 aliphatic heterocycles. The molecule has 0 fully saturated rings. The van der Waals surface area contributed by atoms with Gasteiger partial charge in [0.1, 0.15) is 5.82 Å². The molecule has 0 spiro atoms. The van der Waals surface area contributed by atoms with Gasteiger partial charge in [-0.15, -0.1) is 10.2 Å². The first-order valence-corrected chi connectivity index (χ1v) is 8.67. The van der Waals surface area contributed by atoms with Crippen LogP contribution < -0.4 is 5.56 Å². The smallest absolute Gasteiger partial charge is 0.253 e. The van der Waals surface area contributed by atoms with Gasteiger partial charge in [-0.1, -0.05) is 30.3 Å². The number of hydrogen-bond donors (Lipinski definition) is 0. The molecule has 0 N–H and O–H groups in total. The van der Waals surface area contributed by atoms with E-state index < -0.39 is 0 Å². The van der Waals surface area contributed by atoms with Gasteiger partial charge in [0.2, 0.25) is 0 Å². The van der Waals surface area contributed by atoms with E-state index in [1.807, 2.05) is 41.8 Å². The number of aromatic nitrogens is 4. The number of benzene rings is 1. The molecule has 0 aliphatic carbocycles. The number of aryl methyl sites for hydroxylation is 4. The van der Waals surface area contributed by atoms with E-state index in [0.717, 1.165) is 41.0 Å². The zero-order valence-electron chi connectivity index (χ0n) is 14.9. The van der Waals surface area contributed by atoms with E-state index >= 15 is 0 Å². The first kappa shape index (κ1) is 16.3. The summed E-state index contributed by atoms with van der Waals surface area (Å²) in [5, 5.41) is 8.62. The molecule has 0 bridgehead atoms. The molecule has 3 aromatic heterocycles. The van der Waals surface area contributed by atoms with Crippen molar-refractivity contribution in [1.29, 1.82) is 0 Å². The third-order valence-electron chi connectivity index (χ3n) is 4.65. The van der Waals surface area contributed by atoms with Gasteiger partial charge >= 0.3 is 0 Å². The molecule has 5 nitrogen and oxygen atoms in total. The molecule has 0 atom stereocenters. The van der Waals surface area contributed by atoms with Crippen LogP contribution in [0.3, 0.4) is 0 Å². The van der Waals surface area contributed by atoms with Gasteiger partial charge in [0.15, 0.2) is 5.65 Å². The maximum atomic E-state index is 11.9. The Labute approximate surface area is 151 Å². The average molecular weight is 344 g/mol. The van der Waals surface area contributed by atoms with Crippen molar-refractivity contribution in [1.82, 2.24) is 19.2 Å². The van der Waals surface area contributed by atoms with Crippen molar-refractivity contribution in [2.24, 2.45) is 7.05 Å². The van der Waals surface area contributed by atoms with Crippen LogP contribution in [0.5, 0.6) is 0 Å². The van der Waals surface area contributed by atoms with E-state index in [1.165, 1.54) is 5.56 Å². The van der Waals surface area contributed by atoms with Gasteiger partial charge in [-0.2, -0.15) is 0 Å². The molecule has 130 valence electrons. The van der Waals surface area contributed by atoms with Crippen LogP contribution in [0.4, 0.5) is 0 Å². The van der Waals surface area contributed by atoms with Crippen molar-refractivity contribution in [3.63, 3.8) is 0 Å². The first-order valence-electron chi connectivity index (χ1n) is 8.67. The lowest BCUT2D eigenvalue weighted by molar-refractivity contribution is 0.838. The Balaban J connectivity index is 1.69. The number of pyridine rings is 2. The second kappa shape index (κ2) is 6.59. The van der Waals surface area contributed by atoms with E-state index in [4.69, 9.17) is 0 Å². The SMILES string of the molecule is Cc1cc(-c2ccc3nnc(CCc4ccccc4)n3c2)cn(C)c1=O. The van der Waals surface area contributed by atoms with Crippen LogP contribution >= 0.6 is 0 Å². The maximum absolute atomic E-state index is 11.9. The van der Waals surface area contributed by atoms with Gasteiger partial charge in [-0.25, -0.2) is 0 Å². The van der Waals surface area contributed by atoms with Crippen LogP contribution in [-0.4, -0.2) is 19.2 Å². The van der Waals surface area contributed by atoms with Gasteiger partial charge in [-0.3, -0.25) is 9.20 Å². The molecule has 0 aliphatic rings. The van der Waals surface area contributed by atoms with Crippen molar-refractivity contribution < 1.29 is 0 Å². The molecular formula is C21H20N4O. The normalized spacial score (nSPS) is 11.2. The largest absolute Gasteiger partial charge is 0.318 e. The Kier molecular flexibility index (Phi) is 4.13. The summed E-state index contributed by atoms with van der Waals surface area (Å²) < 4.78 is 3.66. The lowest BCUT2D eigenvalue weighted by Crippen LogP contribution is -2.18. The fraction of sp³-hybridized carbons (Fsp3) is 0.190. The molecule has 3 heterocycles. The lowest BCUT2D eigenvalue weighted by Gasteiger charge is -2.08. The fourth-order valence-corrected chi connectivity index (χ4v) is 3.22. The summed E-state index contributed by atoms with van der Waals surface area (Å²) in [4.78, 5) is 11.9. The maximum Gasteiger partial charge on any atom is 0.253 e. The topological polar surface area (TPSA) is 52.2 Å². The molecule has 0 amide bonds. The highest BCUT2D eigenvalue weighted by Gasteiger charge is 2.09. The van der Waals surface area contributed by atoms with Gasteiger partial charge in [0.25, 0.3) is 5.56 Å². The van der Waals surface area contributed by atoms with E-state index in [0.29, 0.717) is 0 Å². The minimum atomic E-state index is 0.0303. The molecule has 0 saturated carbocycles. The van der Waals surface area contributed by atoms with Crippen molar-refractivity contribution in [2.75, 3.05) is 0 Å². The predicted molar refractivity (Wildman–Crippen MR) is 102 cm³/mol. The third-order valence-corrected chi connectivity index (χ3v) is 4.65. The predicted octanol–water partition coefficient (Wildman–Crippen LogP) is 3.19. The minimum absolute atomic E-state index is 0.0303. The van der Waals surface area contributed by atoms with E-state index in [2.05, 4.69) is 40.7 Å². The highest BCUT2D eigenvalue weighted by molar-refractivity contribution is 5.64. The van der Waals surface area contributed by atoms with Crippen LogP contribution in [0.2, 0.25) is 0 Å². The van der Waals surface area contributed by atoms with Crippen molar-refractivity contribution in [3.05, 3.63) is 88.2 Å². The second-order valence-corrected chi connectivity index (χ2v) is 6.58. The highest BCUT2D eigenvalue weighted by Crippen LogP contribution is 2.20. The summed E-state index contributed by atoms with van der Waals surface area (Å²) in [5.74, 6) is 0.937. The van der Waals surface area contributed by atoms with Crippen LogP contribution in [0.15, 0.2) is 65.7 Å². The third kappa shape index (κ3) is 3.04. The standard InChI is InChI=1S/C21H20N4O/c1-15-12-18(13-24(2)21(15)26)17-9-11-20-23-22-19(25(20)14-17)10-8-16-6-4-3-5-7-16/h3-7,9,11-14H,8,10H2,1-2H3. The summed E-state index contributed by atoms with van der Waals surface area (Å²) in [6, 6.07) is 16.3. The zero-order chi connectivity index (χ0) is 18.1.